The first kappa shape index (κ1) is 10.6. The highest BCUT2D eigenvalue weighted by atomic mass is 17.5. The van der Waals surface area contributed by atoms with E-state index in [0.717, 1.165) is 0 Å². The second kappa shape index (κ2) is 6.36. The second-order valence-electron chi connectivity index (χ2n) is 1.89. The highest BCUT2D eigenvalue weighted by Gasteiger charge is 2.16. The van der Waals surface area contributed by atoms with Crippen molar-refractivity contribution >= 4 is 11.9 Å². The minimum Gasteiger partial charge on any atom is -0.260 e. The van der Waals surface area contributed by atoms with E-state index in [9.17, 15) is 9.59 Å². The van der Waals surface area contributed by atoms with Gasteiger partial charge in [0.25, 0.3) is 0 Å². The summed E-state index contributed by atoms with van der Waals surface area (Å²) in [5, 5.41) is 3.72. The Morgan fingerprint density at radius 3 is 1.92 bits per heavy atom. The van der Waals surface area contributed by atoms with E-state index < -0.39 is 11.9 Å². The summed E-state index contributed by atoms with van der Waals surface area (Å²) in [7, 11) is 0. The molecule has 0 unspecified atom stereocenters. The molecule has 68 valence electrons. The van der Waals surface area contributed by atoms with Crippen LogP contribution in [0.2, 0.25) is 0 Å². The molecule has 0 spiro atoms. The van der Waals surface area contributed by atoms with Gasteiger partial charge in [-0.1, -0.05) is 6.08 Å². The van der Waals surface area contributed by atoms with Crippen LogP contribution in [0.3, 0.4) is 0 Å². The third kappa shape index (κ3) is 5.43. The molecular weight excluding hydrogens is 164 g/mol. The number of allylic oxidation sites excluding steroid dienone is 1. The first-order valence-electron chi connectivity index (χ1n) is 3.34. The van der Waals surface area contributed by atoms with E-state index in [1.54, 1.807) is 6.08 Å². The van der Waals surface area contributed by atoms with Crippen LogP contribution >= 0.6 is 0 Å². The molecule has 0 amide bonds. The molecule has 0 atom stereocenters. The Morgan fingerprint density at radius 1 is 1.25 bits per heavy atom. The van der Waals surface area contributed by atoms with E-state index in [2.05, 4.69) is 21.4 Å². The first-order valence-corrected chi connectivity index (χ1v) is 3.34. The summed E-state index contributed by atoms with van der Waals surface area (Å²) in [5.41, 5.74) is 0. The Hall–Kier alpha value is -1.36. The number of carbonyl (C=O) groups is 2. The molecule has 0 saturated carbocycles. The van der Waals surface area contributed by atoms with Crippen molar-refractivity contribution < 1.29 is 24.4 Å². The quantitative estimate of drug-likeness (QED) is 0.403. The fourth-order valence-corrected chi connectivity index (χ4v) is 0.380. The summed E-state index contributed by atoms with van der Waals surface area (Å²) in [5.74, 6) is -1.19. The molecule has 0 N–H and O–H groups in total. The van der Waals surface area contributed by atoms with Crippen LogP contribution in [0.15, 0.2) is 12.7 Å². The van der Waals surface area contributed by atoms with Crippen molar-refractivity contribution in [1.82, 2.24) is 0 Å². The van der Waals surface area contributed by atoms with Gasteiger partial charge < -0.3 is 0 Å². The Kier molecular flexibility index (Phi) is 5.64. The zero-order valence-corrected chi connectivity index (χ0v) is 6.74. The normalized spacial score (nSPS) is 16.1. The van der Waals surface area contributed by atoms with Crippen LogP contribution in [0, 0.1) is 0 Å². The van der Waals surface area contributed by atoms with Gasteiger partial charge in [0, 0.05) is 5.04 Å². The summed E-state index contributed by atoms with van der Waals surface area (Å²) in [6.07, 6.45) is 1.78. The smallest absolute Gasteiger partial charge is 0.260 e. The molecule has 1 fully saturated rings. The Balaban J connectivity index is 0.000000354. The SMILES string of the molecule is C=CC.O=C1CCC(=O)OOO1. The molecule has 1 heterocycles. The van der Waals surface area contributed by atoms with Crippen LogP contribution in [0.1, 0.15) is 19.8 Å². The predicted octanol–water partition coefficient (Wildman–Crippen LogP) is 0.905. The fraction of sp³-hybridized carbons (Fsp3) is 0.429. The van der Waals surface area contributed by atoms with Crippen molar-refractivity contribution in [3.8, 4) is 0 Å². The van der Waals surface area contributed by atoms with E-state index in [1.807, 2.05) is 6.92 Å². The Morgan fingerprint density at radius 2 is 1.58 bits per heavy atom. The summed E-state index contributed by atoms with van der Waals surface area (Å²) >= 11 is 0. The largest absolute Gasteiger partial charge is 0.347 e. The second-order valence-corrected chi connectivity index (χ2v) is 1.89. The van der Waals surface area contributed by atoms with Crippen LogP contribution in [0.4, 0.5) is 0 Å². The van der Waals surface area contributed by atoms with Gasteiger partial charge in [0.2, 0.25) is 0 Å². The topological polar surface area (TPSA) is 61.8 Å². The van der Waals surface area contributed by atoms with E-state index in [-0.39, 0.29) is 12.8 Å². The first-order chi connectivity index (χ1) is 5.70. The summed E-state index contributed by atoms with van der Waals surface area (Å²) < 4.78 is 0. The van der Waals surface area contributed by atoms with Crippen LogP contribution in [0.5, 0.6) is 0 Å². The van der Waals surface area contributed by atoms with Gasteiger partial charge in [-0.25, -0.2) is 9.59 Å². The molecule has 5 nitrogen and oxygen atoms in total. The molecule has 1 saturated heterocycles. The fourth-order valence-electron chi connectivity index (χ4n) is 0.380. The number of carbonyl (C=O) groups excluding carboxylic acids is 2. The minimum absolute atomic E-state index is 0.0127. The van der Waals surface area contributed by atoms with Crippen molar-refractivity contribution in [2.75, 3.05) is 0 Å². The molecule has 0 bridgehead atoms. The standard InChI is InChI=1S/C4H4O5.C3H6/c5-3-1-2-4(6)8-9-7-3;1-3-2/h1-2H2;3H,1H2,2H3. The molecule has 1 aliphatic rings. The average molecular weight is 174 g/mol. The monoisotopic (exact) mass is 174 g/mol. The molecule has 0 radical (unpaired) electrons. The maximum absolute atomic E-state index is 10.2. The van der Waals surface area contributed by atoms with E-state index in [4.69, 9.17) is 0 Å². The third-order valence-corrected chi connectivity index (χ3v) is 0.787. The van der Waals surface area contributed by atoms with Gasteiger partial charge in [0.15, 0.2) is 0 Å². The third-order valence-electron chi connectivity index (χ3n) is 0.787. The van der Waals surface area contributed by atoms with Crippen LogP contribution in [-0.2, 0) is 24.4 Å². The maximum atomic E-state index is 10.2. The lowest BCUT2D eigenvalue weighted by molar-refractivity contribution is -0.455. The lowest BCUT2D eigenvalue weighted by Gasteiger charge is -1.90. The van der Waals surface area contributed by atoms with E-state index in [0.29, 0.717) is 0 Å². The predicted molar refractivity (Wildman–Crippen MR) is 38.4 cm³/mol. The van der Waals surface area contributed by atoms with E-state index in [1.165, 1.54) is 0 Å². The zero-order valence-electron chi connectivity index (χ0n) is 6.74. The minimum atomic E-state index is -0.596. The van der Waals surface area contributed by atoms with Crippen LogP contribution < -0.4 is 0 Å². The maximum Gasteiger partial charge on any atom is 0.347 e. The average Bonchev–Trinajstić information content (AvgIpc) is 2.18. The summed E-state index contributed by atoms with van der Waals surface area (Å²) in [6, 6.07) is 0. The van der Waals surface area contributed by atoms with Gasteiger partial charge in [0.1, 0.15) is 0 Å². The van der Waals surface area contributed by atoms with Crippen molar-refractivity contribution in [1.29, 1.82) is 0 Å². The van der Waals surface area contributed by atoms with Gasteiger partial charge in [-0.15, -0.1) is 6.58 Å². The summed E-state index contributed by atoms with van der Waals surface area (Å²) in [4.78, 5) is 28.3. The highest BCUT2D eigenvalue weighted by Crippen LogP contribution is 2.01. The molecule has 0 aromatic heterocycles. The van der Waals surface area contributed by atoms with E-state index >= 15 is 0 Å². The Labute approximate surface area is 69.8 Å². The van der Waals surface area contributed by atoms with Crippen LogP contribution in [0.25, 0.3) is 0 Å². The molecule has 0 aromatic carbocycles. The van der Waals surface area contributed by atoms with Gasteiger partial charge in [-0.2, -0.15) is 0 Å². The summed E-state index contributed by atoms with van der Waals surface area (Å²) in [6.45, 7) is 5.25. The Bertz CT molecular complexity index is 159. The molecule has 0 aromatic rings. The number of hydrogen-bond donors (Lipinski definition) is 0. The van der Waals surface area contributed by atoms with Crippen LogP contribution in [-0.4, -0.2) is 11.9 Å². The zero-order chi connectivity index (χ0) is 9.40. The van der Waals surface area contributed by atoms with Crippen molar-refractivity contribution in [3.05, 3.63) is 12.7 Å². The van der Waals surface area contributed by atoms with Gasteiger partial charge in [-0.05, 0) is 6.92 Å². The van der Waals surface area contributed by atoms with Crippen molar-refractivity contribution in [2.45, 2.75) is 19.8 Å². The highest BCUT2D eigenvalue weighted by molar-refractivity contribution is 5.77. The van der Waals surface area contributed by atoms with Crippen molar-refractivity contribution in [2.24, 2.45) is 0 Å². The van der Waals surface area contributed by atoms with Gasteiger partial charge >= 0.3 is 11.9 Å². The molecule has 1 aliphatic heterocycles. The molecule has 0 aliphatic carbocycles. The molecule has 12 heavy (non-hydrogen) atoms. The molecule has 1 rings (SSSR count). The number of hydrogen-bond acceptors (Lipinski definition) is 5. The molecule has 5 heteroatoms. The lowest BCUT2D eigenvalue weighted by atomic mass is 10.3. The van der Waals surface area contributed by atoms with Gasteiger partial charge in [-0.3, -0.25) is 9.78 Å². The lowest BCUT2D eigenvalue weighted by Crippen LogP contribution is -1.99. The number of rotatable bonds is 0. The van der Waals surface area contributed by atoms with Gasteiger partial charge in [0.05, 0.1) is 12.8 Å². The van der Waals surface area contributed by atoms with Crippen molar-refractivity contribution in [3.63, 3.8) is 0 Å². The molecular formula is C7H10O5.